The third-order valence-electron chi connectivity index (χ3n) is 2.92. The topological polar surface area (TPSA) is 12.9 Å². The van der Waals surface area contributed by atoms with E-state index in [-0.39, 0.29) is 11.1 Å². The van der Waals surface area contributed by atoms with Crippen LogP contribution in [-0.2, 0) is 12.3 Å². The van der Waals surface area contributed by atoms with Crippen molar-refractivity contribution in [1.82, 2.24) is 4.98 Å². The van der Waals surface area contributed by atoms with E-state index in [1.54, 1.807) is 18.2 Å². The normalized spacial score (nSPS) is 11.8. The predicted molar refractivity (Wildman–Crippen MR) is 72.0 cm³/mol. The van der Waals surface area contributed by atoms with Gasteiger partial charge in [0.1, 0.15) is 0 Å². The Hall–Kier alpha value is -1.77. The van der Waals surface area contributed by atoms with Gasteiger partial charge in [0, 0.05) is 23.5 Å². The van der Waals surface area contributed by atoms with Crippen molar-refractivity contribution in [3.8, 4) is 0 Å². The van der Waals surface area contributed by atoms with Crippen LogP contribution in [0.15, 0.2) is 48.8 Å². The molecule has 1 heterocycles. The van der Waals surface area contributed by atoms with Crippen LogP contribution >= 0.6 is 0 Å². The lowest BCUT2D eigenvalue weighted by atomic mass is 9.93. The Balaban J connectivity index is 2.46. The molecule has 0 saturated carbocycles. The van der Waals surface area contributed by atoms with Crippen LogP contribution in [0, 0.1) is 5.92 Å². The van der Waals surface area contributed by atoms with E-state index in [4.69, 9.17) is 0 Å². The van der Waals surface area contributed by atoms with Crippen molar-refractivity contribution >= 4 is 0 Å². The van der Waals surface area contributed by atoms with E-state index in [2.05, 4.69) is 4.98 Å². The second kappa shape index (κ2) is 5.47. The molecule has 19 heavy (non-hydrogen) atoms. The van der Waals surface area contributed by atoms with Gasteiger partial charge in [0.05, 0.1) is 0 Å². The Morgan fingerprint density at radius 3 is 2.42 bits per heavy atom. The highest BCUT2D eigenvalue weighted by molar-refractivity contribution is 5.38. The summed E-state index contributed by atoms with van der Waals surface area (Å²) in [5, 5.41) is 0. The number of nitrogens with zero attached hydrogens (tertiary/aromatic N) is 1. The molecule has 0 fully saturated rings. The molecule has 0 atom stereocenters. The summed E-state index contributed by atoms with van der Waals surface area (Å²) >= 11 is 0. The van der Waals surface area contributed by atoms with Crippen molar-refractivity contribution in [3.63, 3.8) is 0 Å². The van der Waals surface area contributed by atoms with Gasteiger partial charge >= 0.3 is 0 Å². The molecule has 0 aliphatic carbocycles. The Bertz CT molecular complexity index is 535. The van der Waals surface area contributed by atoms with Crippen LogP contribution in [0.5, 0.6) is 0 Å². The first-order valence-electron chi connectivity index (χ1n) is 6.17. The van der Waals surface area contributed by atoms with E-state index in [0.717, 1.165) is 5.92 Å². The number of hydrogen-bond donors (Lipinski definition) is 0. The Morgan fingerprint density at radius 2 is 1.79 bits per heavy atom. The zero-order chi connectivity index (χ0) is 13.9. The van der Waals surface area contributed by atoms with Gasteiger partial charge in [-0.1, -0.05) is 44.2 Å². The molecular formula is C16H16F2N. The largest absolute Gasteiger partial charge is 0.298 e. The summed E-state index contributed by atoms with van der Waals surface area (Å²) in [5.74, 6) is -1.91. The average Bonchev–Trinajstić information content (AvgIpc) is 2.39. The average molecular weight is 260 g/mol. The van der Waals surface area contributed by atoms with E-state index in [9.17, 15) is 8.78 Å². The van der Waals surface area contributed by atoms with Crippen LogP contribution in [0.4, 0.5) is 8.78 Å². The Morgan fingerprint density at radius 1 is 1.11 bits per heavy atom. The Labute approximate surface area is 112 Å². The smallest absolute Gasteiger partial charge is 0.264 e. The summed E-state index contributed by atoms with van der Waals surface area (Å²) in [5.41, 5.74) is 0.627. The fourth-order valence-corrected chi connectivity index (χ4v) is 2.06. The van der Waals surface area contributed by atoms with Crippen molar-refractivity contribution < 1.29 is 8.78 Å². The summed E-state index contributed by atoms with van der Waals surface area (Å²) in [6, 6.07) is 9.30. The van der Waals surface area contributed by atoms with Gasteiger partial charge < -0.3 is 0 Å². The molecule has 0 N–H and O–H groups in total. The summed E-state index contributed by atoms with van der Waals surface area (Å²) in [4.78, 5) is 3.96. The number of pyridine rings is 1. The van der Waals surface area contributed by atoms with Crippen molar-refractivity contribution in [1.29, 1.82) is 0 Å². The maximum atomic E-state index is 14.6. The lowest BCUT2D eigenvalue weighted by Gasteiger charge is -2.20. The molecule has 0 spiro atoms. The first-order chi connectivity index (χ1) is 9.01. The van der Waals surface area contributed by atoms with E-state index in [1.165, 1.54) is 30.6 Å². The highest BCUT2D eigenvalue weighted by Gasteiger charge is 2.35. The van der Waals surface area contributed by atoms with Crippen molar-refractivity contribution in [2.75, 3.05) is 0 Å². The lowest BCUT2D eigenvalue weighted by molar-refractivity contribution is 0.0418. The van der Waals surface area contributed by atoms with Crippen LogP contribution in [0.1, 0.15) is 30.5 Å². The third-order valence-corrected chi connectivity index (χ3v) is 2.92. The van der Waals surface area contributed by atoms with Crippen molar-refractivity contribution in [2.24, 2.45) is 0 Å². The second-order valence-electron chi connectivity index (χ2n) is 4.86. The monoisotopic (exact) mass is 260 g/mol. The van der Waals surface area contributed by atoms with Gasteiger partial charge in [-0.25, -0.2) is 0 Å². The maximum Gasteiger partial charge on any atom is 0.298 e. The van der Waals surface area contributed by atoms with Crippen LogP contribution in [0.25, 0.3) is 0 Å². The number of rotatable bonds is 4. The predicted octanol–water partition coefficient (Wildman–Crippen LogP) is 4.38. The number of hydrogen-bond acceptors (Lipinski definition) is 1. The van der Waals surface area contributed by atoms with Gasteiger partial charge in [0.2, 0.25) is 0 Å². The molecular weight excluding hydrogens is 244 g/mol. The molecule has 1 radical (unpaired) electrons. The minimum absolute atomic E-state index is 0.0104. The van der Waals surface area contributed by atoms with Gasteiger partial charge in [-0.3, -0.25) is 4.98 Å². The number of alkyl halides is 2. The number of halogens is 2. The van der Waals surface area contributed by atoms with Crippen LogP contribution in [0.2, 0.25) is 0 Å². The molecule has 2 rings (SSSR count). The summed E-state index contributed by atoms with van der Waals surface area (Å²) in [6.45, 7) is 3.86. The molecule has 0 unspecified atom stereocenters. The zero-order valence-corrected chi connectivity index (χ0v) is 11.0. The third kappa shape index (κ3) is 2.98. The van der Waals surface area contributed by atoms with Gasteiger partial charge in [-0.2, -0.15) is 8.78 Å². The first kappa shape index (κ1) is 13.7. The highest BCUT2D eigenvalue weighted by Crippen LogP contribution is 2.37. The zero-order valence-electron chi connectivity index (χ0n) is 11.0. The van der Waals surface area contributed by atoms with E-state index >= 15 is 0 Å². The minimum atomic E-state index is -2.99. The molecule has 0 aliphatic rings. The SMILES string of the molecule is C[C](C)Cc1cnccc1C(F)(F)c1ccccc1. The number of benzene rings is 1. The van der Waals surface area contributed by atoms with E-state index < -0.39 is 5.92 Å². The molecule has 0 aliphatic heterocycles. The molecule has 99 valence electrons. The lowest BCUT2D eigenvalue weighted by Crippen LogP contribution is -2.18. The molecule has 1 aromatic heterocycles. The van der Waals surface area contributed by atoms with Crippen molar-refractivity contribution in [2.45, 2.75) is 26.2 Å². The molecule has 0 amide bonds. The molecule has 1 nitrogen and oxygen atoms in total. The van der Waals surface area contributed by atoms with Gasteiger partial charge in [-0.15, -0.1) is 0 Å². The van der Waals surface area contributed by atoms with Gasteiger partial charge in [0.15, 0.2) is 0 Å². The minimum Gasteiger partial charge on any atom is -0.264 e. The molecule has 0 bridgehead atoms. The Kier molecular flexibility index (Phi) is 3.93. The fraction of sp³-hybridized carbons (Fsp3) is 0.250. The summed E-state index contributed by atoms with van der Waals surface area (Å²) < 4.78 is 29.1. The van der Waals surface area contributed by atoms with Gasteiger partial charge in [0.25, 0.3) is 5.92 Å². The van der Waals surface area contributed by atoms with Crippen LogP contribution < -0.4 is 0 Å². The molecule has 3 heteroatoms. The second-order valence-corrected chi connectivity index (χ2v) is 4.86. The molecule has 2 aromatic rings. The highest BCUT2D eigenvalue weighted by atomic mass is 19.3. The quantitative estimate of drug-likeness (QED) is 0.795. The van der Waals surface area contributed by atoms with E-state index in [0.29, 0.717) is 12.0 Å². The molecule has 1 aromatic carbocycles. The van der Waals surface area contributed by atoms with Crippen LogP contribution in [-0.4, -0.2) is 4.98 Å². The summed E-state index contributed by atoms with van der Waals surface area (Å²) in [6.07, 6.45) is 3.46. The molecule has 0 saturated heterocycles. The van der Waals surface area contributed by atoms with Crippen molar-refractivity contribution in [3.05, 3.63) is 71.4 Å². The first-order valence-corrected chi connectivity index (χ1v) is 6.17. The standard InChI is InChI=1S/C16H16F2N/c1-12(2)10-13-11-19-9-8-15(13)16(17,18)14-6-4-3-5-7-14/h3-9,11H,10H2,1-2H3. The fourth-order valence-electron chi connectivity index (χ4n) is 2.06. The maximum absolute atomic E-state index is 14.6. The number of aromatic nitrogens is 1. The van der Waals surface area contributed by atoms with Gasteiger partial charge in [-0.05, 0) is 24.0 Å². The van der Waals surface area contributed by atoms with E-state index in [1.807, 2.05) is 13.8 Å². The summed E-state index contributed by atoms with van der Waals surface area (Å²) in [7, 11) is 0. The van der Waals surface area contributed by atoms with Crippen LogP contribution in [0.3, 0.4) is 0 Å².